The van der Waals surface area contributed by atoms with E-state index in [0.29, 0.717) is 18.8 Å². The zero-order chi connectivity index (χ0) is 17.9. The first kappa shape index (κ1) is 18.6. The number of nitrogens with zero attached hydrogens (tertiary/aromatic N) is 1. The van der Waals surface area contributed by atoms with Gasteiger partial charge in [-0.05, 0) is 30.2 Å². The quantitative estimate of drug-likeness (QED) is 0.775. The highest BCUT2D eigenvalue weighted by atomic mass is 35.5. The molecule has 0 aromatic heterocycles. The Labute approximate surface area is 158 Å². The van der Waals surface area contributed by atoms with E-state index >= 15 is 0 Å². The Hall–Kier alpha value is -1.21. The van der Waals surface area contributed by atoms with Crippen LogP contribution in [0.3, 0.4) is 0 Å². The number of hydrogen-bond donors (Lipinski definition) is 0. The maximum Gasteiger partial charge on any atom is 0.246 e. The summed E-state index contributed by atoms with van der Waals surface area (Å²) >= 11 is 8.07. The average molecular weight is 398 g/mol. The fraction of sp³-hybridized carbons (Fsp3) is 0.333. The molecule has 2 aromatic carbocycles. The third-order valence-corrected chi connectivity index (χ3v) is 7.83. The number of rotatable bonds is 4. The van der Waals surface area contributed by atoms with E-state index in [2.05, 4.69) is 0 Å². The second kappa shape index (κ2) is 7.99. The van der Waals surface area contributed by atoms with Gasteiger partial charge in [-0.25, -0.2) is 8.42 Å². The molecule has 0 bridgehead atoms. The molecule has 7 heteroatoms. The molecular formula is C18H20ClNO3S2. The number of para-hydroxylation sites is 1. The highest BCUT2D eigenvalue weighted by Gasteiger charge is 2.30. The van der Waals surface area contributed by atoms with Crippen molar-refractivity contribution >= 4 is 33.4 Å². The van der Waals surface area contributed by atoms with Gasteiger partial charge in [0.05, 0.1) is 7.11 Å². The van der Waals surface area contributed by atoms with Crippen LogP contribution in [0.5, 0.6) is 5.75 Å². The second-order valence-electron chi connectivity index (χ2n) is 5.72. The van der Waals surface area contributed by atoms with Gasteiger partial charge in [0.1, 0.15) is 10.6 Å². The van der Waals surface area contributed by atoms with Gasteiger partial charge in [0.2, 0.25) is 10.0 Å². The molecule has 3 rings (SSSR count). The van der Waals surface area contributed by atoms with E-state index in [4.69, 9.17) is 16.3 Å². The summed E-state index contributed by atoms with van der Waals surface area (Å²) in [7, 11) is -2.10. The van der Waals surface area contributed by atoms with Gasteiger partial charge in [-0.3, -0.25) is 0 Å². The molecule has 0 spiro atoms. The lowest BCUT2D eigenvalue weighted by Gasteiger charge is -2.21. The summed E-state index contributed by atoms with van der Waals surface area (Å²) < 4.78 is 32.9. The SMILES string of the molecule is COc1ccccc1S(=O)(=O)N1CCSC(c2ccccc2Cl)CC1. The molecule has 1 fully saturated rings. The van der Waals surface area contributed by atoms with E-state index in [0.717, 1.165) is 22.8 Å². The molecule has 0 N–H and O–H groups in total. The van der Waals surface area contributed by atoms with Crippen LogP contribution in [-0.4, -0.2) is 38.7 Å². The molecule has 1 atom stereocenters. The van der Waals surface area contributed by atoms with Crippen LogP contribution in [0.4, 0.5) is 0 Å². The van der Waals surface area contributed by atoms with Crippen molar-refractivity contribution < 1.29 is 13.2 Å². The van der Waals surface area contributed by atoms with E-state index in [-0.39, 0.29) is 10.1 Å². The first-order chi connectivity index (χ1) is 12.0. The van der Waals surface area contributed by atoms with Crippen LogP contribution in [0.2, 0.25) is 5.02 Å². The standard InChI is InChI=1S/C18H20ClNO3S2/c1-23-16-8-4-5-9-18(16)25(21,22)20-11-10-17(24-13-12-20)14-6-2-3-7-15(14)19/h2-9,17H,10-13H2,1H3. The first-order valence-electron chi connectivity index (χ1n) is 8.03. The minimum Gasteiger partial charge on any atom is -0.495 e. The average Bonchev–Trinajstić information content (AvgIpc) is 2.88. The number of hydrogen-bond acceptors (Lipinski definition) is 4. The number of ether oxygens (including phenoxy) is 1. The van der Waals surface area contributed by atoms with Gasteiger partial charge in [0, 0.05) is 29.1 Å². The molecule has 134 valence electrons. The number of benzene rings is 2. The van der Waals surface area contributed by atoms with Crippen molar-refractivity contribution in [3.8, 4) is 5.75 Å². The van der Waals surface area contributed by atoms with E-state index < -0.39 is 10.0 Å². The number of halogens is 1. The maximum atomic E-state index is 13.0. The lowest BCUT2D eigenvalue weighted by Crippen LogP contribution is -2.33. The van der Waals surface area contributed by atoms with Crippen molar-refractivity contribution in [2.75, 3.05) is 26.0 Å². The molecule has 1 aliphatic rings. The van der Waals surface area contributed by atoms with E-state index in [1.807, 2.05) is 24.3 Å². The van der Waals surface area contributed by atoms with Gasteiger partial charge in [-0.1, -0.05) is 41.9 Å². The predicted octanol–water partition coefficient (Wildman–Crippen LogP) is 4.22. The third-order valence-electron chi connectivity index (χ3n) is 4.24. The fourth-order valence-electron chi connectivity index (χ4n) is 2.95. The van der Waals surface area contributed by atoms with Crippen LogP contribution in [-0.2, 0) is 10.0 Å². The Morgan fingerprint density at radius 2 is 1.84 bits per heavy atom. The minimum atomic E-state index is -3.58. The summed E-state index contributed by atoms with van der Waals surface area (Å²) in [6.07, 6.45) is 0.725. The second-order valence-corrected chi connectivity index (χ2v) is 9.35. The van der Waals surface area contributed by atoms with Crippen molar-refractivity contribution in [2.45, 2.75) is 16.6 Å². The summed E-state index contributed by atoms with van der Waals surface area (Å²) in [5, 5.41) is 0.938. The first-order valence-corrected chi connectivity index (χ1v) is 10.9. The highest BCUT2D eigenvalue weighted by molar-refractivity contribution is 7.99. The lowest BCUT2D eigenvalue weighted by molar-refractivity contribution is 0.393. The van der Waals surface area contributed by atoms with Crippen molar-refractivity contribution in [3.63, 3.8) is 0 Å². The zero-order valence-electron chi connectivity index (χ0n) is 13.9. The van der Waals surface area contributed by atoms with E-state index in [1.165, 1.54) is 7.11 Å². The summed E-state index contributed by atoms with van der Waals surface area (Å²) in [5.74, 6) is 1.10. The molecule has 1 unspecified atom stereocenters. The van der Waals surface area contributed by atoms with E-state index in [9.17, 15) is 8.42 Å². The Morgan fingerprint density at radius 1 is 1.12 bits per heavy atom. The zero-order valence-corrected chi connectivity index (χ0v) is 16.3. The molecule has 0 amide bonds. The van der Waals surface area contributed by atoms with Crippen LogP contribution in [0, 0.1) is 0 Å². The normalized spacial score (nSPS) is 19.4. The summed E-state index contributed by atoms with van der Waals surface area (Å²) in [5.41, 5.74) is 1.07. The molecular weight excluding hydrogens is 378 g/mol. The fourth-order valence-corrected chi connectivity index (χ4v) is 6.27. The van der Waals surface area contributed by atoms with Crippen LogP contribution >= 0.6 is 23.4 Å². The summed E-state index contributed by atoms with van der Waals surface area (Å²) in [6.45, 7) is 0.940. The summed E-state index contributed by atoms with van der Waals surface area (Å²) in [6, 6.07) is 14.5. The molecule has 1 heterocycles. The molecule has 1 saturated heterocycles. The van der Waals surface area contributed by atoms with Crippen molar-refractivity contribution in [1.29, 1.82) is 0 Å². The Kier molecular flexibility index (Phi) is 5.94. The van der Waals surface area contributed by atoms with E-state index in [1.54, 1.807) is 40.3 Å². The van der Waals surface area contributed by atoms with Crippen molar-refractivity contribution in [3.05, 3.63) is 59.1 Å². The summed E-state index contributed by atoms with van der Waals surface area (Å²) in [4.78, 5) is 0.221. The van der Waals surface area contributed by atoms with Crippen LogP contribution in [0.1, 0.15) is 17.2 Å². The molecule has 0 radical (unpaired) electrons. The largest absolute Gasteiger partial charge is 0.495 e. The van der Waals surface area contributed by atoms with Crippen molar-refractivity contribution in [1.82, 2.24) is 4.31 Å². The maximum absolute atomic E-state index is 13.0. The molecule has 0 aliphatic carbocycles. The monoisotopic (exact) mass is 397 g/mol. The number of thioether (sulfide) groups is 1. The lowest BCUT2D eigenvalue weighted by atomic mass is 10.1. The molecule has 4 nitrogen and oxygen atoms in total. The van der Waals surface area contributed by atoms with Crippen LogP contribution in [0.25, 0.3) is 0 Å². The van der Waals surface area contributed by atoms with Gasteiger partial charge >= 0.3 is 0 Å². The molecule has 25 heavy (non-hydrogen) atoms. The molecule has 2 aromatic rings. The van der Waals surface area contributed by atoms with Crippen LogP contribution in [0.15, 0.2) is 53.4 Å². The van der Waals surface area contributed by atoms with Gasteiger partial charge in [0.15, 0.2) is 0 Å². The van der Waals surface area contributed by atoms with Gasteiger partial charge in [-0.15, -0.1) is 0 Å². The molecule has 0 saturated carbocycles. The van der Waals surface area contributed by atoms with Gasteiger partial charge < -0.3 is 4.74 Å². The Balaban J connectivity index is 1.82. The predicted molar refractivity (Wildman–Crippen MR) is 103 cm³/mol. The Bertz CT molecular complexity index is 842. The molecule has 1 aliphatic heterocycles. The number of sulfonamides is 1. The number of methoxy groups -OCH3 is 1. The third kappa shape index (κ3) is 3.97. The van der Waals surface area contributed by atoms with Crippen LogP contribution < -0.4 is 4.74 Å². The van der Waals surface area contributed by atoms with Gasteiger partial charge in [0.25, 0.3) is 0 Å². The highest BCUT2D eigenvalue weighted by Crippen LogP contribution is 2.39. The smallest absolute Gasteiger partial charge is 0.246 e. The topological polar surface area (TPSA) is 46.6 Å². The van der Waals surface area contributed by atoms with Crippen molar-refractivity contribution in [2.24, 2.45) is 0 Å². The Morgan fingerprint density at radius 3 is 2.60 bits per heavy atom. The minimum absolute atomic E-state index is 0.201. The van der Waals surface area contributed by atoms with Gasteiger partial charge in [-0.2, -0.15) is 16.1 Å².